The molecular formula is C18H28N2O2. The molecule has 1 aliphatic heterocycles. The average Bonchev–Trinajstić information content (AvgIpc) is 2.48. The molecule has 1 aromatic carbocycles. The monoisotopic (exact) mass is 304 g/mol. The molecule has 2 rings (SSSR count). The topological polar surface area (TPSA) is 32.8 Å². The van der Waals surface area contributed by atoms with Gasteiger partial charge in [0, 0.05) is 44.4 Å². The molecule has 1 aliphatic rings. The molecule has 1 aromatic rings. The Morgan fingerprint density at radius 3 is 2.36 bits per heavy atom. The molecule has 0 aromatic heterocycles. The Morgan fingerprint density at radius 2 is 1.82 bits per heavy atom. The highest BCUT2D eigenvalue weighted by atomic mass is 16.5. The van der Waals surface area contributed by atoms with E-state index in [1.807, 2.05) is 23.1 Å². The van der Waals surface area contributed by atoms with Crippen molar-refractivity contribution >= 4 is 5.91 Å². The maximum absolute atomic E-state index is 12.8. The molecule has 0 saturated carbocycles. The lowest BCUT2D eigenvalue weighted by atomic mass is 10.0. The first-order chi connectivity index (χ1) is 10.4. The molecule has 0 radical (unpaired) electrons. The third-order valence-electron chi connectivity index (χ3n) is 4.70. The smallest absolute Gasteiger partial charge is 0.253 e. The van der Waals surface area contributed by atoms with E-state index in [4.69, 9.17) is 4.74 Å². The fourth-order valence-electron chi connectivity index (χ4n) is 3.22. The number of benzene rings is 1. The van der Waals surface area contributed by atoms with E-state index < -0.39 is 0 Å². The minimum atomic E-state index is 0.146. The average molecular weight is 304 g/mol. The van der Waals surface area contributed by atoms with Crippen LogP contribution >= 0.6 is 0 Å². The summed E-state index contributed by atoms with van der Waals surface area (Å²) >= 11 is 0. The Hall–Kier alpha value is -1.39. The third-order valence-corrected chi connectivity index (χ3v) is 4.70. The summed E-state index contributed by atoms with van der Waals surface area (Å²) in [6.07, 6.45) is 0. The Morgan fingerprint density at radius 1 is 1.18 bits per heavy atom. The minimum Gasteiger partial charge on any atom is -0.383 e. The molecular weight excluding hydrogens is 276 g/mol. The second-order valence-corrected chi connectivity index (χ2v) is 6.44. The summed E-state index contributed by atoms with van der Waals surface area (Å²) in [6, 6.07) is 6.69. The molecule has 2 atom stereocenters. The van der Waals surface area contributed by atoms with Gasteiger partial charge in [0.2, 0.25) is 0 Å². The Bertz CT molecular complexity index is 518. The predicted molar refractivity (Wildman–Crippen MR) is 89.3 cm³/mol. The number of aryl methyl sites for hydroxylation is 2. The van der Waals surface area contributed by atoms with Crippen LogP contribution in [-0.2, 0) is 4.74 Å². The molecule has 4 heteroatoms. The molecule has 4 nitrogen and oxygen atoms in total. The van der Waals surface area contributed by atoms with E-state index in [1.54, 1.807) is 7.11 Å². The second-order valence-electron chi connectivity index (χ2n) is 6.44. The van der Waals surface area contributed by atoms with Crippen LogP contribution in [0.4, 0.5) is 0 Å². The normalized spacial score (nSPS) is 22.9. The lowest BCUT2D eigenvalue weighted by Crippen LogP contribution is -2.58. The molecule has 122 valence electrons. The van der Waals surface area contributed by atoms with Gasteiger partial charge in [0.15, 0.2) is 0 Å². The summed E-state index contributed by atoms with van der Waals surface area (Å²) in [5, 5.41) is 0. The Labute approximate surface area is 134 Å². The van der Waals surface area contributed by atoms with Crippen molar-refractivity contribution in [2.45, 2.75) is 39.8 Å². The van der Waals surface area contributed by atoms with E-state index in [0.717, 1.165) is 31.8 Å². The van der Waals surface area contributed by atoms with Gasteiger partial charge in [0.25, 0.3) is 5.91 Å². The summed E-state index contributed by atoms with van der Waals surface area (Å²) in [5.74, 6) is 0.146. The number of piperazine rings is 1. The second kappa shape index (κ2) is 7.25. The van der Waals surface area contributed by atoms with E-state index in [1.165, 1.54) is 11.1 Å². The van der Waals surface area contributed by atoms with Crippen LogP contribution in [0, 0.1) is 13.8 Å². The molecule has 2 unspecified atom stereocenters. The van der Waals surface area contributed by atoms with Crippen LogP contribution in [-0.4, -0.2) is 61.1 Å². The van der Waals surface area contributed by atoms with E-state index in [-0.39, 0.29) is 5.91 Å². The maximum atomic E-state index is 12.8. The van der Waals surface area contributed by atoms with Gasteiger partial charge in [-0.2, -0.15) is 0 Å². The molecule has 1 heterocycles. The van der Waals surface area contributed by atoms with Crippen molar-refractivity contribution in [2.75, 3.05) is 33.4 Å². The van der Waals surface area contributed by atoms with Crippen LogP contribution in [0.15, 0.2) is 18.2 Å². The van der Waals surface area contributed by atoms with Gasteiger partial charge in [0.05, 0.1) is 6.61 Å². The van der Waals surface area contributed by atoms with E-state index in [0.29, 0.717) is 12.1 Å². The van der Waals surface area contributed by atoms with E-state index in [9.17, 15) is 4.79 Å². The summed E-state index contributed by atoms with van der Waals surface area (Å²) in [5.41, 5.74) is 3.20. The Balaban J connectivity index is 2.07. The van der Waals surface area contributed by atoms with Crippen molar-refractivity contribution in [2.24, 2.45) is 0 Å². The number of hydrogen-bond acceptors (Lipinski definition) is 3. The highest BCUT2D eigenvalue weighted by Crippen LogP contribution is 2.19. The molecule has 22 heavy (non-hydrogen) atoms. The van der Waals surface area contributed by atoms with Gasteiger partial charge >= 0.3 is 0 Å². The van der Waals surface area contributed by atoms with Crippen molar-refractivity contribution < 1.29 is 9.53 Å². The van der Waals surface area contributed by atoms with Crippen molar-refractivity contribution in [3.63, 3.8) is 0 Å². The predicted octanol–water partition coefficient (Wildman–Crippen LogP) is 2.48. The highest BCUT2D eigenvalue weighted by Gasteiger charge is 2.31. The standard InChI is InChI=1S/C18H28N2O2/c1-13-6-7-17(10-14(13)2)18(21)19-11-15(3)20(8-9-22-5)16(4)12-19/h6-7,10,15-16H,8-9,11-12H2,1-5H3. The van der Waals surface area contributed by atoms with Gasteiger partial charge in [-0.15, -0.1) is 0 Å². The van der Waals surface area contributed by atoms with Gasteiger partial charge in [-0.1, -0.05) is 6.07 Å². The number of amides is 1. The van der Waals surface area contributed by atoms with Crippen LogP contribution < -0.4 is 0 Å². The fourth-order valence-corrected chi connectivity index (χ4v) is 3.22. The van der Waals surface area contributed by atoms with Gasteiger partial charge in [0.1, 0.15) is 0 Å². The zero-order chi connectivity index (χ0) is 16.3. The largest absolute Gasteiger partial charge is 0.383 e. The number of nitrogens with zero attached hydrogens (tertiary/aromatic N) is 2. The maximum Gasteiger partial charge on any atom is 0.253 e. The number of rotatable bonds is 4. The van der Waals surface area contributed by atoms with Crippen molar-refractivity contribution in [1.29, 1.82) is 0 Å². The third kappa shape index (κ3) is 3.68. The zero-order valence-electron chi connectivity index (χ0n) is 14.4. The van der Waals surface area contributed by atoms with Crippen molar-refractivity contribution in [3.8, 4) is 0 Å². The molecule has 1 saturated heterocycles. The highest BCUT2D eigenvalue weighted by molar-refractivity contribution is 5.94. The summed E-state index contributed by atoms with van der Waals surface area (Å²) in [6.45, 7) is 11.7. The quantitative estimate of drug-likeness (QED) is 0.857. The fraction of sp³-hybridized carbons (Fsp3) is 0.611. The first kappa shape index (κ1) is 17.0. The van der Waals surface area contributed by atoms with Gasteiger partial charge in [-0.05, 0) is 51.0 Å². The molecule has 0 aliphatic carbocycles. The van der Waals surface area contributed by atoms with Crippen LogP contribution in [0.3, 0.4) is 0 Å². The first-order valence-electron chi connectivity index (χ1n) is 8.05. The lowest BCUT2D eigenvalue weighted by molar-refractivity contribution is 0.0193. The number of carbonyl (C=O) groups excluding carboxylic acids is 1. The van der Waals surface area contributed by atoms with Crippen LogP contribution in [0.25, 0.3) is 0 Å². The number of carbonyl (C=O) groups is 1. The summed E-state index contributed by atoms with van der Waals surface area (Å²) in [7, 11) is 1.73. The zero-order valence-corrected chi connectivity index (χ0v) is 14.4. The molecule has 0 spiro atoms. The molecule has 0 bridgehead atoms. The SMILES string of the molecule is COCCN1C(C)CN(C(=O)c2ccc(C)c(C)c2)CC1C. The lowest BCUT2D eigenvalue weighted by Gasteiger charge is -2.44. The van der Waals surface area contributed by atoms with E-state index in [2.05, 4.69) is 32.6 Å². The number of methoxy groups -OCH3 is 1. The van der Waals surface area contributed by atoms with Gasteiger partial charge in [-0.3, -0.25) is 9.69 Å². The van der Waals surface area contributed by atoms with Crippen LogP contribution in [0.1, 0.15) is 35.3 Å². The van der Waals surface area contributed by atoms with Crippen molar-refractivity contribution in [3.05, 3.63) is 34.9 Å². The molecule has 1 fully saturated rings. The number of ether oxygens (including phenoxy) is 1. The van der Waals surface area contributed by atoms with Crippen LogP contribution in [0.5, 0.6) is 0 Å². The van der Waals surface area contributed by atoms with E-state index >= 15 is 0 Å². The van der Waals surface area contributed by atoms with Crippen LogP contribution in [0.2, 0.25) is 0 Å². The summed E-state index contributed by atoms with van der Waals surface area (Å²) in [4.78, 5) is 17.2. The van der Waals surface area contributed by atoms with Gasteiger partial charge in [-0.25, -0.2) is 0 Å². The summed E-state index contributed by atoms with van der Waals surface area (Å²) < 4.78 is 5.19. The Kier molecular flexibility index (Phi) is 5.59. The number of hydrogen-bond donors (Lipinski definition) is 0. The first-order valence-corrected chi connectivity index (χ1v) is 8.05. The van der Waals surface area contributed by atoms with Gasteiger partial charge < -0.3 is 9.64 Å². The van der Waals surface area contributed by atoms with Crippen molar-refractivity contribution in [1.82, 2.24) is 9.80 Å². The molecule has 1 amide bonds. The molecule has 0 N–H and O–H groups in total. The minimum absolute atomic E-state index is 0.146.